The van der Waals surface area contributed by atoms with Crippen LogP contribution in [0.5, 0.6) is 0 Å². The van der Waals surface area contributed by atoms with Crippen LogP contribution in [0.25, 0.3) is 0 Å². The number of amides is 1. The number of nitrogens with zero attached hydrogens (tertiary/aromatic N) is 1. The fraction of sp³-hybridized carbons (Fsp3) is 0.312. The zero-order chi connectivity index (χ0) is 17.7. The lowest BCUT2D eigenvalue weighted by atomic mass is 10.2. The van der Waals surface area contributed by atoms with Crippen molar-refractivity contribution in [2.75, 3.05) is 26.3 Å². The number of nitrogens with one attached hydrogen (secondary N) is 1. The average molecular weight is 382 g/mol. The second kappa shape index (κ2) is 8.07. The van der Waals surface area contributed by atoms with Gasteiger partial charge in [0.15, 0.2) is 0 Å². The summed E-state index contributed by atoms with van der Waals surface area (Å²) in [6.07, 6.45) is 0. The van der Waals surface area contributed by atoms with Gasteiger partial charge in [-0.05, 0) is 17.7 Å². The minimum Gasteiger partial charge on any atom is -0.378 e. The predicted octanol–water partition coefficient (Wildman–Crippen LogP) is 1.63. The van der Waals surface area contributed by atoms with E-state index in [4.69, 9.17) is 9.57 Å². The maximum Gasteiger partial charge on any atom is 0.271 e. The summed E-state index contributed by atoms with van der Waals surface area (Å²) >= 11 is 0.925. The number of carbonyl (C=O) groups excluding carboxylic acids is 1. The first-order valence-corrected chi connectivity index (χ1v) is 10.0. The maximum absolute atomic E-state index is 12.4. The molecule has 1 aromatic heterocycles. The Kier molecular flexibility index (Phi) is 5.82. The number of ether oxygens (including phenoxy) is 1. The molecule has 1 fully saturated rings. The van der Waals surface area contributed by atoms with E-state index >= 15 is 0 Å². The van der Waals surface area contributed by atoms with E-state index in [1.54, 1.807) is 4.90 Å². The van der Waals surface area contributed by atoms with Crippen LogP contribution in [0, 0.1) is 0 Å². The quantitative estimate of drug-likeness (QED) is 0.768. The molecule has 1 N–H and O–H groups in total. The van der Waals surface area contributed by atoms with Crippen LogP contribution in [0.15, 0.2) is 46.7 Å². The Morgan fingerprint density at radius 1 is 1.16 bits per heavy atom. The molecule has 7 nitrogen and oxygen atoms in total. The van der Waals surface area contributed by atoms with Crippen molar-refractivity contribution in [3.8, 4) is 0 Å². The Bertz CT molecular complexity index is 814. The summed E-state index contributed by atoms with van der Waals surface area (Å²) < 4.78 is 29.8. The van der Waals surface area contributed by atoms with Gasteiger partial charge in [0.25, 0.3) is 15.9 Å². The molecule has 0 aliphatic carbocycles. The molecule has 2 aromatic rings. The van der Waals surface area contributed by atoms with Crippen molar-refractivity contribution >= 4 is 27.3 Å². The lowest BCUT2D eigenvalue weighted by molar-refractivity contribution is 0.0306. The number of morpholine rings is 1. The van der Waals surface area contributed by atoms with Crippen LogP contribution in [-0.2, 0) is 26.2 Å². The van der Waals surface area contributed by atoms with Gasteiger partial charge in [-0.2, -0.15) is 0 Å². The van der Waals surface area contributed by atoms with Crippen molar-refractivity contribution in [2.24, 2.45) is 0 Å². The standard InChI is InChI=1S/C16H18N2O5S2/c19-16(18-8-10-22-11-9-18)14-6-7-15(24-14)25(20,21)17-23-12-13-4-2-1-3-5-13/h1-7,17H,8-12H2. The summed E-state index contributed by atoms with van der Waals surface area (Å²) in [7, 11) is -3.82. The number of benzene rings is 1. The lowest BCUT2D eigenvalue weighted by Gasteiger charge is -2.26. The molecule has 0 unspecified atom stereocenters. The van der Waals surface area contributed by atoms with Crippen LogP contribution in [0.1, 0.15) is 15.2 Å². The van der Waals surface area contributed by atoms with Crippen LogP contribution in [0.2, 0.25) is 0 Å². The molecular formula is C16H18N2O5S2. The average Bonchev–Trinajstić information content (AvgIpc) is 3.14. The molecule has 1 aliphatic rings. The zero-order valence-electron chi connectivity index (χ0n) is 13.4. The first-order chi connectivity index (χ1) is 12.1. The minimum absolute atomic E-state index is 0.0390. The lowest BCUT2D eigenvalue weighted by Crippen LogP contribution is -2.40. The molecule has 1 amide bonds. The third kappa shape index (κ3) is 4.65. The summed E-state index contributed by atoms with van der Waals surface area (Å²) in [6.45, 7) is 2.13. The van der Waals surface area contributed by atoms with Crippen molar-refractivity contribution in [3.05, 3.63) is 52.9 Å². The van der Waals surface area contributed by atoms with E-state index in [9.17, 15) is 13.2 Å². The fourth-order valence-corrected chi connectivity index (χ4v) is 4.37. The molecule has 0 atom stereocenters. The van der Waals surface area contributed by atoms with E-state index in [1.165, 1.54) is 12.1 Å². The molecule has 1 aromatic carbocycles. The fourth-order valence-electron chi connectivity index (χ4n) is 2.31. The van der Waals surface area contributed by atoms with Gasteiger partial charge in [0.1, 0.15) is 4.21 Å². The van der Waals surface area contributed by atoms with Crippen molar-refractivity contribution in [2.45, 2.75) is 10.8 Å². The van der Waals surface area contributed by atoms with Crippen molar-refractivity contribution in [3.63, 3.8) is 0 Å². The van der Waals surface area contributed by atoms with E-state index in [1.807, 2.05) is 30.3 Å². The normalized spacial score (nSPS) is 15.3. The molecule has 0 bridgehead atoms. The van der Waals surface area contributed by atoms with Gasteiger partial charge >= 0.3 is 0 Å². The van der Waals surface area contributed by atoms with Crippen LogP contribution in [0.3, 0.4) is 0 Å². The topological polar surface area (TPSA) is 84.9 Å². The van der Waals surface area contributed by atoms with E-state index in [0.29, 0.717) is 31.2 Å². The van der Waals surface area contributed by atoms with Crippen LogP contribution < -0.4 is 4.89 Å². The highest BCUT2D eigenvalue weighted by Gasteiger charge is 2.23. The van der Waals surface area contributed by atoms with Gasteiger partial charge in [-0.15, -0.1) is 11.3 Å². The van der Waals surface area contributed by atoms with Gasteiger partial charge in [-0.25, -0.2) is 8.42 Å². The summed E-state index contributed by atoms with van der Waals surface area (Å²) in [5, 5.41) is 0. The molecular weight excluding hydrogens is 364 g/mol. The van der Waals surface area contributed by atoms with E-state index in [-0.39, 0.29) is 16.7 Å². The Labute approximate surface area is 150 Å². The van der Waals surface area contributed by atoms with Gasteiger partial charge in [-0.3, -0.25) is 9.63 Å². The van der Waals surface area contributed by atoms with Crippen LogP contribution in [0.4, 0.5) is 0 Å². The molecule has 0 saturated carbocycles. The molecule has 0 radical (unpaired) electrons. The largest absolute Gasteiger partial charge is 0.378 e. The van der Waals surface area contributed by atoms with Crippen molar-refractivity contribution in [1.29, 1.82) is 0 Å². The van der Waals surface area contributed by atoms with Crippen molar-refractivity contribution in [1.82, 2.24) is 9.79 Å². The second-order valence-electron chi connectivity index (χ2n) is 5.38. The van der Waals surface area contributed by atoms with E-state index in [2.05, 4.69) is 4.89 Å². The van der Waals surface area contributed by atoms with E-state index in [0.717, 1.165) is 16.9 Å². The first kappa shape index (κ1) is 18.0. The molecule has 1 saturated heterocycles. The molecule has 134 valence electrons. The molecule has 1 aliphatic heterocycles. The minimum atomic E-state index is -3.82. The van der Waals surface area contributed by atoms with Gasteiger partial charge < -0.3 is 9.64 Å². The molecule has 25 heavy (non-hydrogen) atoms. The number of hydrogen-bond acceptors (Lipinski definition) is 6. The van der Waals surface area contributed by atoms with Gasteiger partial charge in [0.05, 0.1) is 24.7 Å². The Balaban J connectivity index is 1.60. The highest BCUT2D eigenvalue weighted by Crippen LogP contribution is 2.23. The van der Waals surface area contributed by atoms with E-state index < -0.39 is 10.0 Å². The highest BCUT2D eigenvalue weighted by molar-refractivity contribution is 7.91. The molecule has 3 rings (SSSR count). The maximum atomic E-state index is 12.4. The number of sulfonamides is 1. The zero-order valence-corrected chi connectivity index (χ0v) is 15.0. The van der Waals surface area contributed by atoms with Gasteiger partial charge in [0.2, 0.25) is 0 Å². The summed E-state index contributed by atoms with van der Waals surface area (Å²) in [5.74, 6) is -0.181. The van der Waals surface area contributed by atoms with Crippen LogP contribution in [-0.4, -0.2) is 45.5 Å². The SMILES string of the molecule is O=C(c1ccc(S(=O)(=O)NOCc2ccccc2)s1)N1CCOCC1. The third-order valence-corrected chi connectivity index (χ3v) is 6.38. The summed E-state index contributed by atoms with van der Waals surface area (Å²) in [6, 6.07) is 12.1. The number of carbonyl (C=O) groups is 1. The monoisotopic (exact) mass is 382 g/mol. The number of rotatable bonds is 6. The molecule has 2 heterocycles. The molecule has 0 spiro atoms. The third-order valence-electron chi connectivity index (χ3n) is 3.61. The van der Waals surface area contributed by atoms with Gasteiger partial charge in [0, 0.05) is 13.1 Å². The second-order valence-corrected chi connectivity index (χ2v) is 8.34. The van der Waals surface area contributed by atoms with Crippen molar-refractivity contribution < 1.29 is 22.8 Å². The Morgan fingerprint density at radius 2 is 1.88 bits per heavy atom. The number of thiophene rings is 1. The highest BCUT2D eigenvalue weighted by atomic mass is 32.2. The van der Waals surface area contributed by atoms with Crippen LogP contribution >= 0.6 is 11.3 Å². The summed E-state index contributed by atoms with van der Waals surface area (Å²) in [5.41, 5.74) is 0.847. The smallest absolute Gasteiger partial charge is 0.271 e. The predicted molar refractivity (Wildman–Crippen MR) is 92.6 cm³/mol. The summed E-state index contributed by atoms with van der Waals surface area (Å²) in [4.78, 5) is 21.6. The Morgan fingerprint density at radius 3 is 2.60 bits per heavy atom. The Hall–Kier alpha value is -1.78. The number of hydrogen-bond donors (Lipinski definition) is 1. The molecule has 9 heteroatoms. The van der Waals surface area contributed by atoms with Gasteiger partial charge in [-0.1, -0.05) is 35.2 Å². The first-order valence-electron chi connectivity index (χ1n) is 7.71.